The maximum absolute atomic E-state index is 15.0. The lowest BCUT2D eigenvalue weighted by molar-refractivity contribution is 0.0535. The molecule has 3 heterocycles. The first-order valence-corrected chi connectivity index (χ1v) is 18.9. The lowest BCUT2D eigenvalue weighted by Gasteiger charge is -2.41. The smallest absolute Gasteiger partial charge is 0.265 e. The molecule has 6 aromatic rings. The molecular formula is C44H42BrN5O3. The summed E-state index contributed by atoms with van der Waals surface area (Å²) in [7, 11) is 2.16. The molecule has 0 bridgehead atoms. The number of fused-ring (bicyclic) bond motifs is 2. The summed E-state index contributed by atoms with van der Waals surface area (Å²) in [5.41, 5.74) is 7.48. The van der Waals surface area contributed by atoms with Crippen molar-refractivity contribution in [1.82, 2.24) is 19.3 Å². The number of anilines is 2. The molecule has 1 N–H and O–H groups in total. The van der Waals surface area contributed by atoms with E-state index in [1.165, 1.54) is 11.1 Å². The molecule has 1 fully saturated rings. The molecule has 2 aliphatic heterocycles. The van der Waals surface area contributed by atoms with E-state index in [1.54, 1.807) is 29.2 Å². The molecule has 8 rings (SSSR count). The van der Waals surface area contributed by atoms with Crippen molar-refractivity contribution in [3.8, 4) is 11.4 Å². The molecule has 53 heavy (non-hydrogen) atoms. The van der Waals surface area contributed by atoms with Crippen molar-refractivity contribution in [1.29, 1.82) is 0 Å². The maximum atomic E-state index is 15.0. The van der Waals surface area contributed by atoms with Gasteiger partial charge in [-0.2, -0.15) is 0 Å². The van der Waals surface area contributed by atoms with Crippen molar-refractivity contribution in [3.05, 3.63) is 154 Å². The monoisotopic (exact) mass is 767 g/mol. The van der Waals surface area contributed by atoms with Gasteiger partial charge in [0.2, 0.25) is 0 Å². The summed E-state index contributed by atoms with van der Waals surface area (Å²) >= 11 is 3.69. The Bertz CT molecular complexity index is 2250. The first-order chi connectivity index (χ1) is 25.7. The molecule has 1 aromatic heterocycles. The van der Waals surface area contributed by atoms with Crippen LogP contribution in [0.5, 0.6) is 5.75 Å². The van der Waals surface area contributed by atoms with Gasteiger partial charge in [-0.25, -0.2) is 0 Å². The molecule has 2 amide bonds. The Balaban J connectivity index is 1.21. The minimum atomic E-state index is -0.225. The Morgan fingerprint density at radius 3 is 2.19 bits per heavy atom. The van der Waals surface area contributed by atoms with Gasteiger partial charge < -0.3 is 19.5 Å². The van der Waals surface area contributed by atoms with E-state index in [-0.39, 0.29) is 23.6 Å². The third-order valence-corrected chi connectivity index (χ3v) is 11.2. The van der Waals surface area contributed by atoms with Crippen molar-refractivity contribution in [2.24, 2.45) is 0 Å². The van der Waals surface area contributed by atoms with Crippen LogP contribution in [0, 0.1) is 6.92 Å². The van der Waals surface area contributed by atoms with Crippen LogP contribution in [-0.2, 0) is 13.0 Å². The first-order valence-electron chi connectivity index (χ1n) is 18.1. The number of amides is 2. The lowest BCUT2D eigenvalue weighted by atomic mass is 9.92. The molecule has 9 heteroatoms. The van der Waals surface area contributed by atoms with E-state index in [4.69, 9.17) is 0 Å². The molecule has 0 aliphatic carbocycles. The number of aromatic nitrogens is 1. The number of halogens is 1. The van der Waals surface area contributed by atoms with Crippen molar-refractivity contribution in [2.45, 2.75) is 25.9 Å². The van der Waals surface area contributed by atoms with Crippen molar-refractivity contribution < 1.29 is 14.7 Å². The summed E-state index contributed by atoms with van der Waals surface area (Å²) in [5.74, 6) is -0.133. The van der Waals surface area contributed by atoms with Gasteiger partial charge in [-0.15, -0.1) is 0 Å². The highest BCUT2D eigenvalue weighted by molar-refractivity contribution is 9.10. The lowest BCUT2D eigenvalue weighted by Crippen LogP contribution is -2.53. The van der Waals surface area contributed by atoms with Crippen LogP contribution in [0.3, 0.4) is 0 Å². The van der Waals surface area contributed by atoms with Crippen LogP contribution in [0.15, 0.2) is 126 Å². The van der Waals surface area contributed by atoms with Crippen LogP contribution in [0.25, 0.3) is 16.6 Å². The number of rotatable bonds is 7. The molecule has 1 atom stereocenters. The Morgan fingerprint density at radius 1 is 0.792 bits per heavy atom. The van der Waals surface area contributed by atoms with Gasteiger partial charge in [-0.3, -0.25) is 19.4 Å². The summed E-state index contributed by atoms with van der Waals surface area (Å²) in [4.78, 5) is 38.4. The summed E-state index contributed by atoms with van der Waals surface area (Å²) in [6.45, 7) is 7.37. The van der Waals surface area contributed by atoms with E-state index in [0.29, 0.717) is 34.7 Å². The molecule has 0 spiro atoms. The van der Waals surface area contributed by atoms with E-state index < -0.39 is 0 Å². The second-order valence-electron chi connectivity index (χ2n) is 14.2. The van der Waals surface area contributed by atoms with Crippen LogP contribution < -0.4 is 4.90 Å². The number of carbonyl (C=O) groups is 2. The molecule has 0 saturated carbocycles. The number of phenolic OH excluding ortho intramolecular Hbond substituents is 1. The number of likely N-dealkylation sites (N-methyl/N-ethyl adjacent to an activating group) is 1. The predicted octanol–water partition coefficient (Wildman–Crippen LogP) is 8.20. The zero-order chi connectivity index (χ0) is 36.6. The van der Waals surface area contributed by atoms with Gasteiger partial charge >= 0.3 is 0 Å². The second-order valence-corrected chi connectivity index (χ2v) is 15.2. The van der Waals surface area contributed by atoms with Gasteiger partial charge in [-0.05, 0) is 92.2 Å². The van der Waals surface area contributed by atoms with E-state index in [0.717, 1.165) is 60.1 Å². The average Bonchev–Trinajstić information content (AvgIpc) is 3.56. The number of phenols is 1. The number of aromatic hydroxyl groups is 1. The van der Waals surface area contributed by atoms with Crippen LogP contribution in [0.1, 0.15) is 37.4 Å². The van der Waals surface area contributed by atoms with Gasteiger partial charge in [0.1, 0.15) is 5.75 Å². The SMILES string of the molecule is Cc1ccc(N(C(=O)c2cn(-c3cc(Br)ccc3C(=O)N3Cc4ccccc4C[C@H]3CN3CCN(C)CC3)c3ccccc23)c2ccc(O)cc2)cc1. The molecule has 8 nitrogen and oxygen atoms in total. The number of hydrogen-bond acceptors (Lipinski definition) is 5. The number of hydrogen-bond donors (Lipinski definition) is 1. The van der Waals surface area contributed by atoms with E-state index in [2.05, 4.69) is 61.9 Å². The highest BCUT2D eigenvalue weighted by Gasteiger charge is 2.34. The number of benzene rings is 5. The molecule has 5 aromatic carbocycles. The van der Waals surface area contributed by atoms with Gasteiger partial charge in [0.25, 0.3) is 11.8 Å². The summed E-state index contributed by atoms with van der Waals surface area (Å²) in [6, 6.07) is 36.6. The number of para-hydroxylation sites is 1. The zero-order valence-corrected chi connectivity index (χ0v) is 31.5. The van der Waals surface area contributed by atoms with Crippen LogP contribution in [-0.4, -0.2) is 82.0 Å². The zero-order valence-electron chi connectivity index (χ0n) is 30.0. The third-order valence-electron chi connectivity index (χ3n) is 10.7. The topological polar surface area (TPSA) is 72.3 Å². The fraction of sp³-hybridized carbons (Fsp3) is 0.227. The van der Waals surface area contributed by atoms with Crippen LogP contribution in [0.2, 0.25) is 0 Å². The van der Waals surface area contributed by atoms with E-state index in [9.17, 15) is 9.90 Å². The van der Waals surface area contributed by atoms with Gasteiger partial charge in [0.05, 0.1) is 22.3 Å². The van der Waals surface area contributed by atoms with Gasteiger partial charge in [-0.1, -0.05) is 76.1 Å². The minimum Gasteiger partial charge on any atom is -0.508 e. The summed E-state index contributed by atoms with van der Waals surface area (Å²) in [5, 5.41) is 10.8. The molecular weight excluding hydrogens is 726 g/mol. The Morgan fingerprint density at radius 2 is 1.45 bits per heavy atom. The highest BCUT2D eigenvalue weighted by Crippen LogP contribution is 2.35. The Kier molecular flexibility index (Phi) is 9.64. The third kappa shape index (κ3) is 7.00. The van der Waals surface area contributed by atoms with Crippen LogP contribution >= 0.6 is 15.9 Å². The first kappa shape index (κ1) is 34.8. The number of nitrogens with zero attached hydrogens (tertiary/aromatic N) is 5. The normalized spacial score (nSPS) is 16.4. The average molecular weight is 769 g/mol. The molecule has 0 unspecified atom stereocenters. The van der Waals surface area contributed by atoms with Crippen molar-refractivity contribution in [2.75, 3.05) is 44.7 Å². The predicted molar refractivity (Wildman–Crippen MR) is 214 cm³/mol. The molecule has 268 valence electrons. The van der Waals surface area contributed by atoms with Crippen molar-refractivity contribution in [3.63, 3.8) is 0 Å². The summed E-state index contributed by atoms with van der Waals surface area (Å²) < 4.78 is 2.82. The van der Waals surface area contributed by atoms with Gasteiger partial charge in [0.15, 0.2) is 0 Å². The second kappa shape index (κ2) is 14.7. The Labute approximate surface area is 318 Å². The highest BCUT2D eigenvalue weighted by atomic mass is 79.9. The fourth-order valence-electron chi connectivity index (χ4n) is 7.71. The molecule has 2 aliphatic rings. The number of piperazine rings is 1. The molecule has 0 radical (unpaired) electrons. The number of carbonyl (C=O) groups excluding carboxylic acids is 2. The largest absolute Gasteiger partial charge is 0.508 e. The van der Waals surface area contributed by atoms with Crippen molar-refractivity contribution >= 4 is 50.0 Å². The van der Waals surface area contributed by atoms with E-state index >= 15 is 4.79 Å². The minimum absolute atomic E-state index is 0.0178. The molecule has 1 saturated heterocycles. The van der Waals surface area contributed by atoms with Crippen LogP contribution in [0.4, 0.5) is 11.4 Å². The fourth-order valence-corrected chi connectivity index (χ4v) is 8.05. The van der Waals surface area contributed by atoms with E-state index in [1.807, 2.05) is 84.4 Å². The number of aryl methyl sites for hydroxylation is 1. The Hall–Kier alpha value is -5.22. The maximum Gasteiger partial charge on any atom is 0.265 e. The van der Waals surface area contributed by atoms with Gasteiger partial charge in [0, 0.05) is 72.7 Å². The quantitative estimate of drug-likeness (QED) is 0.178. The summed E-state index contributed by atoms with van der Waals surface area (Å²) in [6.07, 6.45) is 2.66. The standard InChI is InChI=1S/C44H42BrN5O3/c1-30-11-14-34(15-12-30)50(35-16-18-37(51)19-17-35)44(53)40-29-49(41-10-6-5-9-38(40)41)42-26-33(45)13-20-39(42)43(52)48-27-32-8-4-3-7-31(32)25-36(48)28-47-23-21-46(2)22-24-47/h3-20,26,29,36,51H,21-25,27-28H2,1-2H3/t36-/m0/s1.